The first-order valence-corrected chi connectivity index (χ1v) is 9.96. The van der Waals surface area contributed by atoms with Crippen molar-refractivity contribution in [2.75, 3.05) is 12.4 Å². The molecular weight excluding hydrogens is 390 g/mol. The van der Waals surface area contributed by atoms with E-state index in [4.69, 9.17) is 4.74 Å². The van der Waals surface area contributed by atoms with E-state index in [0.717, 1.165) is 22.4 Å². The summed E-state index contributed by atoms with van der Waals surface area (Å²) in [5.74, 6) is -0.204. The number of aryl methyl sites for hydroxylation is 2. The summed E-state index contributed by atoms with van der Waals surface area (Å²) in [6.45, 7) is 4.15. The number of pyridine rings is 1. The first-order chi connectivity index (χ1) is 15.0. The quantitative estimate of drug-likeness (QED) is 0.616. The largest absolute Gasteiger partial charge is 0.496 e. The van der Waals surface area contributed by atoms with Crippen LogP contribution in [-0.2, 0) is 16.1 Å². The van der Waals surface area contributed by atoms with Crippen LogP contribution in [0.3, 0.4) is 0 Å². The Morgan fingerprint density at radius 1 is 0.935 bits per heavy atom. The van der Waals surface area contributed by atoms with Gasteiger partial charge in [-0.15, -0.1) is 0 Å². The number of imide groups is 1. The summed E-state index contributed by atoms with van der Waals surface area (Å²) in [6, 6.07) is 16.7. The maximum absolute atomic E-state index is 13.5. The lowest BCUT2D eigenvalue weighted by molar-refractivity contribution is -0.137. The molecule has 2 amide bonds. The highest BCUT2D eigenvalue weighted by molar-refractivity contribution is 6.36. The average Bonchev–Trinajstić information content (AvgIpc) is 2.98. The second-order valence-corrected chi connectivity index (χ2v) is 7.50. The number of amides is 2. The molecule has 0 aliphatic carbocycles. The molecule has 156 valence electrons. The summed E-state index contributed by atoms with van der Waals surface area (Å²) in [6.07, 6.45) is 3.28. The van der Waals surface area contributed by atoms with E-state index in [-0.39, 0.29) is 24.1 Å². The van der Waals surface area contributed by atoms with Gasteiger partial charge >= 0.3 is 0 Å². The van der Waals surface area contributed by atoms with E-state index in [1.807, 2.05) is 38.1 Å². The van der Waals surface area contributed by atoms with Crippen molar-refractivity contribution in [1.29, 1.82) is 0 Å². The van der Waals surface area contributed by atoms with Gasteiger partial charge in [0.05, 0.1) is 19.2 Å². The third-order valence-corrected chi connectivity index (χ3v) is 5.13. The number of nitrogens with zero attached hydrogens (tertiary/aromatic N) is 2. The number of hydrogen-bond acceptors (Lipinski definition) is 5. The minimum atomic E-state index is -0.373. The predicted octanol–water partition coefficient (Wildman–Crippen LogP) is 4.10. The normalized spacial score (nSPS) is 13.7. The minimum Gasteiger partial charge on any atom is -0.496 e. The van der Waals surface area contributed by atoms with E-state index < -0.39 is 0 Å². The van der Waals surface area contributed by atoms with Crippen LogP contribution in [0.1, 0.15) is 22.3 Å². The van der Waals surface area contributed by atoms with Gasteiger partial charge in [-0.2, -0.15) is 0 Å². The summed E-state index contributed by atoms with van der Waals surface area (Å²) in [7, 11) is 1.55. The molecule has 3 aromatic rings. The lowest BCUT2D eigenvalue weighted by Gasteiger charge is -2.15. The van der Waals surface area contributed by atoms with E-state index >= 15 is 0 Å². The van der Waals surface area contributed by atoms with E-state index in [1.165, 1.54) is 4.90 Å². The van der Waals surface area contributed by atoms with Crippen LogP contribution in [0.2, 0.25) is 0 Å². The van der Waals surface area contributed by atoms with Crippen LogP contribution in [0, 0.1) is 13.8 Å². The van der Waals surface area contributed by atoms with E-state index in [0.29, 0.717) is 16.9 Å². The Hall–Kier alpha value is -3.93. The average molecular weight is 413 g/mol. The van der Waals surface area contributed by atoms with Crippen LogP contribution >= 0.6 is 0 Å². The van der Waals surface area contributed by atoms with Gasteiger partial charge in [-0.1, -0.05) is 24.3 Å². The van der Waals surface area contributed by atoms with E-state index in [2.05, 4.69) is 16.4 Å². The minimum absolute atomic E-state index is 0.164. The molecule has 0 saturated heterocycles. The number of benzene rings is 2. The summed E-state index contributed by atoms with van der Waals surface area (Å²) in [5, 5.41) is 3.22. The summed E-state index contributed by atoms with van der Waals surface area (Å²) < 4.78 is 5.48. The molecule has 1 aromatic heterocycles. The Labute approximate surface area is 181 Å². The lowest BCUT2D eigenvalue weighted by Crippen LogP contribution is -2.32. The van der Waals surface area contributed by atoms with Gasteiger partial charge in [0.1, 0.15) is 11.4 Å². The van der Waals surface area contributed by atoms with Crippen molar-refractivity contribution >= 4 is 23.1 Å². The molecule has 6 heteroatoms. The molecule has 0 fully saturated rings. The van der Waals surface area contributed by atoms with Gasteiger partial charge in [0, 0.05) is 23.6 Å². The highest BCUT2D eigenvalue weighted by atomic mass is 16.5. The highest BCUT2D eigenvalue weighted by Gasteiger charge is 2.40. The number of ether oxygens (including phenoxy) is 1. The predicted molar refractivity (Wildman–Crippen MR) is 119 cm³/mol. The zero-order valence-corrected chi connectivity index (χ0v) is 17.7. The Bertz CT molecular complexity index is 1170. The first kappa shape index (κ1) is 20.3. The molecule has 0 saturated carbocycles. The summed E-state index contributed by atoms with van der Waals surface area (Å²) in [5.41, 5.74) is 4.83. The number of nitrogens with one attached hydrogen (secondary N) is 1. The van der Waals surface area contributed by atoms with Gasteiger partial charge in [-0.3, -0.25) is 19.5 Å². The molecule has 1 N–H and O–H groups in total. The molecule has 1 aliphatic heterocycles. The number of carbonyl (C=O) groups is 2. The second-order valence-electron chi connectivity index (χ2n) is 7.50. The smallest absolute Gasteiger partial charge is 0.278 e. The standard InChI is InChI=1S/C25H23N3O3/c1-16-12-17(2)14-19(13-16)27-23-22(20-6-4-5-7-21(20)31-3)24(29)28(25(23)30)15-18-8-10-26-11-9-18/h4-14,27H,15H2,1-3H3. The fraction of sp³-hybridized carbons (Fsp3) is 0.160. The van der Waals surface area contributed by atoms with Gasteiger partial charge in [-0.05, 0) is 60.9 Å². The fourth-order valence-corrected chi connectivity index (χ4v) is 3.80. The molecule has 4 rings (SSSR count). The number of methoxy groups -OCH3 is 1. The molecule has 6 nitrogen and oxygen atoms in total. The van der Waals surface area contributed by atoms with Crippen LogP contribution < -0.4 is 10.1 Å². The van der Waals surface area contributed by atoms with E-state index in [9.17, 15) is 9.59 Å². The number of para-hydroxylation sites is 1. The monoisotopic (exact) mass is 413 g/mol. The zero-order valence-electron chi connectivity index (χ0n) is 17.7. The van der Waals surface area contributed by atoms with Crippen LogP contribution in [-0.4, -0.2) is 28.8 Å². The maximum atomic E-state index is 13.5. The SMILES string of the molecule is COc1ccccc1C1=C(Nc2cc(C)cc(C)c2)C(=O)N(Cc2ccncc2)C1=O. The van der Waals surface area contributed by atoms with Crippen molar-refractivity contribution in [2.24, 2.45) is 0 Å². The molecular formula is C25H23N3O3. The number of carbonyl (C=O) groups excluding carboxylic acids is 2. The van der Waals surface area contributed by atoms with Crippen LogP contribution in [0.25, 0.3) is 5.57 Å². The van der Waals surface area contributed by atoms with Crippen molar-refractivity contribution < 1.29 is 14.3 Å². The molecule has 0 bridgehead atoms. The van der Waals surface area contributed by atoms with Gasteiger partial charge in [0.2, 0.25) is 0 Å². The van der Waals surface area contributed by atoms with Gasteiger partial charge in [-0.25, -0.2) is 0 Å². The summed E-state index contributed by atoms with van der Waals surface area (Å²) >= 11 is 0. The Balaban J connectivity index is 1.80. The topological polar surface area (TPSA) is 71.5 Å². The molecule has 0 radical (unpaired) electrons. The van der Waals surface area contributed by atoms with Gasteiger partial charge in [0.15, 0.2) is 0 Å². The maximum Gasteiger partial charge on any atom is 0.278 e. The Morgan fingerprint density at radius 3 is 2.29 bits per heavy atom. The third kappa shape index (κ3) is 4.05. The number of hydrogen-bond donors (Lipinski definition) is 1. The Kier molecular flexibility index (Phi) is 5.54. The van der Waals surface area contributed by atoms with Crippen LogP contribution in [0.4, 0.5) is 5.69 Å². The first-order valence-electron chi connectivity index (χ1n) is 9.96. The van der Waals surface area contributed by atoms with E-state index in [1.54, 1.807) is 43.8 Å². The molecule has 2 heterocycles. The van der Waals surface area contributed by atoms with Crippen molar-refractivity contribution in [2.45, 2.75) is 20.4 Å². The molecule has 2 aromatic carbocycles. The second kappa shape index (κ2) is 8.44. The van der Waals surface area contributed by atoms with Crippen molar-refractivity contribution in [1.82, 2.24) is 9.88 Å². The molecule has 0 atom stereocenters. The molecule has 0 unspecified atom stereocenters. The van der Waals surface area contributed by atoms with Crippen molar-refractivity contribution in [3.8, 4) is 5.75 Å². The number of aromatic nitrogens is 1. The van der Waals surface area contributed by atoms with Gasteiger partial charge < -0.3 is 10.1 Å². The highest BCUT2D eigenvalue weighted by Crippen LogP contribution is 2.36. The van der Waals surface area contributed by atoms with Crippen molar-refractivity contribution in [3.63, 3.8) is 0 Å². The van der Waals surface area contributed by atoms with Gasteiger partial charge in [0.25, 0.3) is 11.8 Å². The lowest BCUT2D eigenvalue weighted by atomic mass is 10.0. The zero-order chi connectivity index (χ0) is 22.0. The van der Waals surface area contributed by atoms with Crippen LogP contribution in [0.15, 0.2) is 72.7 Å². The summed E-state index contributed by atoms with van der Waals surface area (Å²) in [4.78, 5) is 32.1. The molecule has 0 spiro atoms. The van der Waals surface area contributed by atoms with Crippen LogP contribution in [0.5, 0.6) is 5.75 Å². The molecule has 31 heavy (non-hydrogen) atoms. The number of anilines is 1. The molecule has 1 aliphatic rings. The fourth-order valence-electron chi connectivity index (χ4n) is 3.80. The Morgan fingerprint density at radius 2 is 1.61 bits per heavy atom. The van der Waals surface area contributed by atoms with Crippen molar-refractivity contribution in [3.05, 3.63) is 94.9 Å². The third-order valence-electron chi connectivity index (χ3n) is 5.13. The number of rotatable bonds is 6.